The quantitative estimate of drug-likeness (QED) is 0.889. The molecule has 2 nitrogen and oxygen atoms in total. The fourth-order valence-electron chi connectivity index (χ4n) is 1.38. The third-order valence-electron chi connectivity index (χ3n) is 2.78. The summed E-state index contributed by atoms with van der Waals surface area (Å²) in [6.07, 6.45) is 1.19. The SMILES string of the molecule is COC(C)(C)CCC(O)c1cc(C)c(Br)s1. The molecule has 0 spiro atoms. The molecule has 0 aliphatic heterocycles. The van der Waals surface area contributed by atoms with Crippen LogP contribution in [-0.2, 0) is 4.74 Å². The summed E-state index contributed by atoms with van der Waals surface area (Å²) in [7, 11) is 1.71. The largest absolute Gasteiger partial charge is 0.388 e. The number of hydrogen-bond acceptors (Lipinski definition) is 3. The molecule has 1 aromatic heterocycles. The van der Waals surface area contributed by atoms with Crippen molar-refractivity contribution in [1.82, 2.24) is 0 Å². The molecule has 0 aliphatic rings. The van der Waals surface area contributed by atoms with Crippen molar-refractivity contribution in [2.24, 2.45) is 0 Å². The molecule has 0 aromatic carbocycles. The van der Waals surface area contributed by atoms with Crippen LogP contribution in [0.2, 0.25) is 0 Å². The molecule has 0 aliphatic carbocycles. The summed E-state index contributed by atoms with van der Waals surface area (Å²) in [5.74, 6) is 0. The number of ether oxygens (including phenoxy) is 1. The lowest BCUT2D eigenvalue weighted by molar-refractivity contribution is 0.00309. The monoisotopic (exact) mass is 306 g/mol. The fourth-order valence-corrected chi connectivity index (χ4v) is 2.97. The van der Waals surface area contributed by atoms with Crippen LogP contribution in [0.15, 0.2) is 9.85 Å². The van der Waals surface area contributed by atoms with Gasteiger partial charge in [-0.3, -0.25) is 0 Å². The van der Waals surface area contributed by atoms with Gasteiger partial charge in [0.15, 0.2) is 0 Å². The number of aliphatic hydroxyl groups excluding tert-OH is 1. The van der Waals surface area contributed by atoms with E-state index < -0.39 is 0 Å². The maximum absolute atomic E-state index is 10.1. The molecule has 1 N–H and O–H groups in total. The molecule has 1 atom stereocenters. The van der Waals surface area contributed by atoms with Gasteiger partial charge in [0.1, 0.15) is 0 Å². The molecule has 1 rings (SSSR count). The van der Waals surface area contributed by atoms with Crippen molar-refractivity contribution in [1.29, 1.82) is 0 Å². The van der Waals surface area contributed by atoms with E-state index in [1.807, 2.05) is 26.8 Å². The maximum atomic E-state index is 10.1. The first kappa shape index (κ1) is 14.2. The van der Waals surface area contributed by atoms with E-state index in [1.54, 1.807) is 18.4 Å². The van der Waals surface area contributed by atoms with Gasteiger partial charge in [-0.15, -0.1) is 11.3 Å². The molecule has 0 fully saturated rings. The predicted octanol–water partition coefficient (Wildman–Crippen LogP) is 4.06. The van der Waals surface area contributed by atoms with Gasteiger partial charge in [-0.25, -0.2) is 0 Å². The Morgan fingerprint density at radius 3 is 2.62 bits per heavy atom. The number of rotatable bonds is 5. The van der Waals surface area contributed by atoms with Gasteiger partial charge in [-0.05, 0) is 61.2 Å². The maximum Gasteiger partial charge on any atom is 0.0883 e. The Labute approximate surface area is 110 Å². The van der Waals surface area contributed by atoms with Crippen molar-refractivity contribution in [2.45, 2.75) is 45.3 Å². The van der Waals surface area contributed by atoms with Gasteiger partial charge in [0.2, 0.25) is 0 Å². The Kier molecular flexibility index (Phi) is 4.98. The van der Waals surface area contributed by atoms with Crippen LogP contribution in [0.25, 0.3) is 0 Å². The van der Waals surface area contributed by atoms with Crippen LogP contribution in [0.4, 0.5) is 0 Å². The highest BCUT2D eigenvalue weighted by Crippen LogP contribution is 2.34. The van der Waals surface area contributed by atoms with Crippen LogP contribution in [0.3, 0.4) is 0 Å². The van der Waals surface area contributed by atoms with Crippen molar-refractivity contribution < 1.29 is 9.84 Å². The van der Waals surface area contributed by atoms with Crippen molar-refractivity contribution in [3.8, 4) is 0 Å². The van der Waals surface area contributed by atoms with Gasteiger partial charge < -0.3 is 9.84 Å². The van der Waals surface area contributed by atoms with Gasteiger partial charge in [-0.1, -0.05) is 0 Å². The standard InChI is InChI=1S/C12H19BrO2S/c1-8-7-10(16-11(8)13)9(14)5-6-12(2,3)15-4/h7,9,14H,5-6H2,1-4H3. The van der Waals surface area contributed by atoms with E-state index in [1.165, 1.54) is 5.56 Å². The molecular formula is C12H19BrO2S. The lowest BCUT2D eigenvalue weighted by Crippen LogP contribution is -2.22. The summed E-state index contributed by atoms with van der Waals surface area (Å²) >= 11 is 5.08. The van der Waals surface area contributed by atoms with E-state index in [9.17, 15) is 5.11 Å². The highest BCUT2D eigenvalue weighted by molar-refractivity contribution is 9.11. The van der Waals surface area contributed by atoms with Crippen molar-refractivity contribution in [3.05, 3.63) is 20.3 Å². The van der Waals surface area contributed by atoms with Crippen LogP contribution in [0, 0.1) is 6.92 Å². The summed E-state index contributed by atoms with van der Waals surface area (Å²) in [4.78, 5) is 1.02. The van der Waals surface area contributed by atoms with Crippen LogP contribution in [-0.4, -0.2) is 17.8 Å². The number of aryl methyl sites for hydroxylation is 1. The Morgan fingerprint density at radius 2 is 2.19 bits per heavy atom. The minimum absolute atomic E-state index is 0.162. The molecular weight excluding hydrogens is 288 g/mol. The molecule has 0 saturated heterocycles. The van der Waals surface area contributed by atoms with E-state index in [0.29, 0.717) is 0 Å². The number of halogens is 1. The van der Waals surface area contributed by atoms with E-state index in [0.717, 1.165) is 21.5 Å². The Hall–Kier alpha value is 0.1000. The summed E-state index contributed by atoms with van der Waals surface area (Å²) in [6.45, 7) is 6.11. The smallest absolute Gasteiger partial charge is 0.0883 e. The first-order chi connectivity index (χ1) is 7.35. The fraction of sp³-hybridized carbons (Fsp3) is 0.667. The molecule has 4 heteroatoms. The summed E-state index contributed by atoms with van der Waals surface area (Å²) < 4.78 is 6.44. The Bertz CT molecular complexity index is 327. The zero-order valence-electron chi connectivity index (χ0n) is 10.2. The molecule has 92 valence electrons. The van der Waals surface area contributed by atoms with Gasteiger partial charge in [0.25, 0.3) is 0 Å². The van der Waals surface area contributed by atoms with Crippen molar-refractivity contribution in [3.63, 3.8) is 0 Å². The summed E-state index contributed by atoms with van der Waals surface area (Å²) in [6, 6.07) is 2.04. The molecule has 0 saturated carbocycles. The zero-order chi connectivity index (χ0) is 12.3. The third-order valence-corrected chi connectivity index (χ3v) is 5.01. The molecule has 1 unspecified atom stereocenters. The molecule has 0 radical (unpaired) electrons. The van der Waals surface area contributed by atoms with Crippen LogP contribution in [0.5, 0.6) is 0 Å². The normalized spacial score (nSPS) is 14.1. The second-order valence-electron chi connectivity index (χ2n) is 4.62. The first-order valence-electron chi connectivity index (χ1n) is 5.35. The van der Waals surface area contributed by atoms with Crippen LogP contribution >= 0.6 is 27.3 Å². The summed E-state index contributed by atoms with van der Waals surface area (Å²) in [5.41, 5.74) is 1.02. The minimum Gasteiger partial charge on any atom is -0.388 e. The van der Waals surface area contributed by atoms with E-state index in [2.05, 4.69) is 15.9 Å². The number of methoxy groups -OCH3 is 1. The van der Waals surface area contributed by atoms with Gasteiger partial charge in [0.05, 0.1) is 15.5 Å². The number of hydrogen-bond donors (Lipinski definition) is 1. The highest BCUT2D eigenvalue weighted by atomic mass is 79.9. The zero-order valence-corrected chi connectivity index (χ0v) is 12.6. The Morgan fingerprint density at radius 1 is 1.56 bits per heavy atom. The molecule has 0 amide bonds. The van der Waals surface area contributed by atoms with Crippen LogP contribution in [0.1, 0.15) is 43.2 Å². The van der Waals surface area contributed by atoms with Gasteiger partial charge >= 0.3 is 0 Å². The summed E-state index contributed by atoms with van der Waals surface area (Å²) in [5, 5.41) is 10.1. The average molecular weight is 307 g/mol. The molecule has 0 bridgehead atoms. The highest BCUT2D eigenvalue weighted by Gasteiger charge is 2.20. The van der Waals surface area contributed by atoms with Gasteiger partial charge in [-0.2, -0.15) is 0 Å². The topological polar surface area (TPSA) is 29.5 Å². The molecule has 1 aromatic rings. The molecule has 1 heterocycles. The lowest BCUT2D eigenvalue weighted by Gasteiger charge is -2.23. The van der Waals surface area contributed by atoms with E-state index in [4.69, 9.17) is 4.74 Å². The molecule has 16 heavy (non-hydrogen) atoms. The third kappa shape index (κ3) is 3.84. The second-order valence-corrected chi connectivity index (χ2v) is 7.03. The van der Waals surface area contributed by atoms with Gasteiger partial charge in [0, 0.05) is 12.0 Å². The lowest BCUT2D eigenvalue weighted by atomic mass is 9.99. The average Bonchev–Trinajstić information content (AvgIpc) is 2.56. The number of thiophene rings is 1. The van der Waals surface area contributed by atoms with Crippen LogP contribution < -0.4 is 0 Å². The number of aliphatic hydroxyl groups is 1. The van der Waals surface area contributed by atoms with Crippen molar-refractivity contribution in [2.75, 3.05) is 7.11 Å². The van der Waals surface area contributed by atoms with Crippen molar-refractivity contribution >= 4 is 27.3 Å². The van der Waals surface area contributed by atoms with E-state index >= 15 is 0 Å². The predicted molar refractivity (Wildman–Crippen MR) is 72.0 cm³/mol. The Balaban J connectivity index is 2.56. The first-order valence-corrected chi connectivity index (χ1v) is 6.96. The minimum atomic E-state index is -0.385. The second kappa shape index (κ2) is 5.63. The van der Waals surface area contributed by atoms with E-state index in [-0.39, 0.29) is 11.7 Å².